The summed E-state index contributed by atoms with van der Waals surface area (Å²) in [6.45, 7) is 5.24. The molecular formula is C14H29N3O. The van der Waals surface area contributed by atoms with Crippen molar-refractivity contribution < 1.29 is 4.79 Å². The molecule has 0 aromatic heterocycles. The molecule has 18 heavy (non-hydrogen) atoms. The van der Waals surface area contributed by atoms with Gasteiger partial charge in [-0.2, -0.15) is 0 Å². The van der Waals surface area contributed by atoms with Gasteiger partial charge in [-0.05, 0) is 59.2 Å². The minimum Gasteiger partial charge on any atom is -0.353 e. The summed E-state index contributed by atoms with van der Waals surface area (Å²) >= 11 is 0. The molecule has 4 nitrogen and oxygen atoms in total. The summed E-state index contributed by atoms with van der Waals surface area (Å²) in [6.07, 6.45) is 3.86. The van der Waals surface area contributed by atoms with Crippen molar-refractivity contribution in [3.05, 3.63) is 0 Å². The van der Waals surface area contributed by atoms with Crippen molar-refractivity contribution in [3.8, 4) is 0 Å². The average molecular weight is 255 g/mol. The van der Waals surface area contributed by atoms with Gasteiger partial charge in [0.2, 0.25) is 5.91 Å². The van der Waals surface area contributed by atoms with Crippen LogP contribution in [0.2, 0.25) is 0 Å². The van der Waals surface area contributed by atoms with Gasteiger partial charge in [-0.25, -0.2) is 0 Å². The molecule has 1 aliphatic rings. The van der Waals surface area contributed by atoms with Gasteiger partial charge in [-0.1, -0.05) is 6.92 Å². The third-order valence-electron chi connectivity index (χ3n) is 4.00. The van der Waals surface area contributed by atoms with Crippen molar-refractivity contribution in [2.75, 3.05) is 20.6 Å². The number of hydrogen-bond donors (Lipinski definition) is 2. The fraction of sp³-hybridized carbons (Fsp3) is 0.929. The van der Waals surface area contributed by atoms with E-state index >= 15 is 0 Å². The van der Waals surface area contributed by atoms with Crippen LogP contribution in [0.25, 0.3) is 0 Å². The Labute approximate surface area is 111 Å². The normalized spacial score (nSPS) is 30.2. The molecule has 4 atom stereocenters. The van der Waals surface area contributed by atoms with Crippen molar-refractivity contribution in [3.63, 3.8) is 0 Å². The molecule has 0 aromatic rings. The maximum atomic E-state index is 12.1. The largest absolute Gasteiger partial charge is 0.353 e. The minimum absolute atomic E-state index is 0.168. The smallest absolute Gasteiger partial charge is 0.223 e. The first kappa shape index (κ1) is 15.4. The Kier molecular flexibility index (Phi) is 6.09. The Bertz CT molecular complexity index is 268. The summed E-state index contributed by atoms with van der Waals surface area (Å²) in [5.74, 6) is 0.855. The van der Waals surface area contributed by atoms with Crippen LogP contribution in [-0.2, 0) is 4.79 Å². The standard InChI is InChI=1S/C14H29N3O/c1-10-9-12(5-6-13(10)15)14(18)16-11(2)7-8-17(3)4/h10-13H,5-9,15H2,1-4H3,(H,16,18). The van der Waals surface area contributed by atoms with E-state index in [0.29, 0.717) is 5.92 Å². The third-order valence-corrected chi connectivity index (χ3v) is 4.00. The van der Waals surface area contributed by atoms with Crippen molar-refractivity contribution >= 4 is 5.91 Å². The number of rotatable bonds is 5. The molecule has 1 amide bonds. The molecule has 0 saturated heterocycles. The van der Waals surface area contributed by atoms with Crippen LogP contribution >= 0.6 is 0 Å². The summed E-state index contributed by atoms with van der Waals surface area (Å²) in [6, 6.07) is 0.533. The summed E-state index contributed by atoms with van der Waals surface area (Å²) in [5, 5.41) is 3.13. The van der Waals surface area contributed by atoms with E-state index in [0.717, 1.165) is 32.2 Å². The Morgan fingerprint density at radius 2 is 2.11 bits per heavy atom. The molecule has 0 spiro atoms. The molecule has 0 radical (unpaired) electrons. The van der Waals surface area contributed by atoms with Gasteiger partial charge >= 0.3 is 0 Å². The molecule has 1 rings (SSSR count). The molecular weight excluding hydrogens is 226 g/mol. The van der Waals surface area contributed by atoms with E-state index < -0.39 is 0 Å². The average Bonchev–Trinajstić information content (AvgIpc) is 2.30. The predicted molar refractivity (Wildman–Crippen MR) is 75.3 cm³/mol. The molecule has 1 fully saturated rings. The number of carbonyl (C=O) groups is 1. The Hall–Kier alpha value is -0.610. The van der Waals surface area contributed by atoms with Crippen LogP contribution in [0.4, 0.5) is 0 Å². The van der Waals surface area contributed by atoms with E-state index in [1.807, 2.05) is 0 Å². The molecule has 0 aliphatic heterocycles. The zero-order valence-electron chi connectivity index (χ0n) is 12.3. The van der Waals surface area contributed by atoms with Crippen LogP contribution in [0.1, 0.15) is 39.5 Å². The Morgan fingerprint density at radius 3 is 2.67 bits per heavy atom. The van der Waals surface area contributed by atoms with Gasteiger partial charge in [0, 0.05) is 18.0 Å². The van der Waals surface area contributed by atoms with E-state index in [1.165, 1.54) is 0 Å². The van der Waals surface area contributed by atoms with E-state index in [-0.39, 0.29) is 23.9 Å². The van der Waals surface area contributed by atoms with E-state index in [9.17, 15) is 4.79 Å². The molecule has 1 aliphatic carbocycles. The maximum absolute atomic E-state index is 12.1. The lowest BCUT2D eigenvalue weighted by molar-refractivity contribution is -0.127. The first-order chi connectivity index (χ1) is 8.40. The van der Waals surface area contributed by atoms with E-state index in [1.54, 1.807) is 0 Å². The molecule has 0 bridgehead atoms. The third kappa shape index (κ3) is 4.94. The van der Waals surface area contributed by atoms with Gasteiger partial charge in [-0.3, -0.25) is 4.79 Å². The van der Waals surface area contributed by atoms with Gasteiger partial charge in [0.15, 0.2) is 0 Å². The zero-order chi connectivity index (χ0) is 13.7. The monoisotopic (exact) mass is 255 g/mol. The lowest BCUT2D eigenvalue weighted by atomic mass is 9.79. The number of carbonyl (C=O) groups excluding carboxylic acids is 1. The van der Waals surface area contributed by atoms with Gasteiger partial charge < -0.3 is 16.0 Å². The van der Waals surface area contributed by atoms with Crippen LogP contribution in [0.15, 0.2) is 0 Å². The van der Waals surface area contributed by atoms with Gasteiger partial charge in [-0.15, -0.1) is 0 Å². The van der Waals surface area contributed by atoms with Crippen LogP contribution in [0.5, 0.6) is 0 Å². The van der Waals surface area contributed by atoms with Crippen LogP contribution in [0, 0.1) is 11.8 Å². The van der Waals surface area contributed by atoms with Crippen LogP contribution in [0.3, 0.4) is 0 Å². The molecule has 1 saturated carbocycles. The second-order valence-corrected chi connectivity index (χ2v) is 6.15. The quantitative estimate of drug-likeness (QED) is 0.776. The molecule has 0 aromatic carbocycles. The summed E-state index contributed by atoms with van der Waals surface area (Å²) < 4.78 is 0. The van der Waals surface area contributed by atoms with E-state index in [4.69, 9.17) is 5.73 Å². The number of nitrogens with two attached hydrogens (primary N) is 1. The second-order valence-electron chi connectivity index (χ2n) is 6.15. The summed E-state index contributed by atoms with van der Waals surface area (Å²) in [5.41, 5.74) is 5.99. The maximum Gasteiger partial charge on any atom is 0.223 e. The second kappa shape index (κ2) is 7.10. The molecule has 0 heterocycles. The highest BCUT2D eigenvalue weighted by atomic mass is 16.1. The van der Waals surface area contributed by atoms with Crippen molar-refractivity contribution in [1.29, 1.82) is 0 Å². The highest BCUT2D eigenvalue weighted by Gasteiger charge is 2.29. The van der Waals surface area contributed by atoms with Crippen molar-refractivity contribution in [2.24, 2.45) is 17.6 Å². The highest BCUT2D eigenvalue weighted by Crippen LogP contribution is 2.28. The molecule has 4 unspecified atom stereocenters. The molecule has 106 valence electrons. The number of hydrogen-bond acceptors (Lipinski definition) is 3. The van der Waals surface area contributed by atoms with Gasteiger partial charge in [0.25, 0.3) is 0 Å². The van der Waals surface area contributed by atoms with Gasteiger partial charge in [0.1, 0.15) is 0 Å². The molecule has 3 N–H and O–H groups in total. The van der Waals surface area contributed by atoms with Gasteiger partial charge in [0.05, 0.1) is 0 Å². The zero-order valence-corrected chi connectivity index (χ0v) is 12.3. The Morgan fingerprint density at radius 1 is 1.44 bits per heavy atom. The first-order valence-corrected chi connectivity index (χ1v) is 7.10. The van der Waals surface area contributed by atoms with E-state index in [2.05, 4.69) is 38.2 Å². The first-order valence-electron chi connectivity index (χ1n) is 7.10. The number of nitrogens with zero attached hydrogens (tertiary/aromatic N) is 1. The Balaban J connectivity index is 2.32. The van der Waals surface area contributed by atoms with Crippen molar-refractivity contribution in [2.45, 2.75) is 51.6 Å². The molecule has 4 heteroatoms. The predicted octanol–water partition coefficient (Wildman–Crippen LogP) is 1.21. The highest BCUT2D eigenvalue weighted by molar-refractivity contribution is 5.79. The summed E-state index contributed by atoms with van der Waals surface area (Å²) in [7, 11) is 4.11. The fourth-order valence-corrected chi connectivity index (χ4v) is 2.54. The van der Waals surface area contributed by atoms with Crippen LogP contribution < -0.4 is 11.1 Å². The SMILES string of the molecule is CC(CCN(C)C)NC(=O)C1CCC(N)C(C)C1. The van der Waals surface area contributed by atoms with Crippen molar-refractivity contribution in [1.82, 2.24) is 10.2 Å². The number of amides is 1. The fourth-order valence-electron chi connectivity index (χ4n) is 2.54. The van der Waals surface area contributed by atoms with Crippen LogP contribution in [-0.4, -0.2) is 43.5 Å². The summed E-state index contributed by atoms with van der Waals surface area (Å²) in [4.78, 5) is 14.3. The minimum atomic E-state index is 0.168. The lowest BCUT2D eigenvalue weighted by Gasteiger charge is -2.31. The lowest BCUT2D eigenvalue weighted by Crippen LogP contribution is -2.43. The number of nitrogens with one attached hydrogen (secondary N) is 1. The topological polar surface area (TPSA) is 58.4 Å².